The van der Waals surface area contributed by atoms with Crippen molar-refractivity contribution in [2.45, 2.75) is 38.3 Å². The molecule has 2 aliphatic heterocycles. The first kappa shape index (κ1) is 14.4. The molecule has 3 unspecified atom stereocenters. The quantitative estimate of drug-likeness (QED) is 0.858. The summed E-state index contributed by atoms with van der Waals surface area (Å²) in [6.07, 6.45) is 2.27. The molecule has 2 saturated heterocycles. The highest BCUT2D eigenvalue weighted by Crippen LogP contribution is 2.42. The van der Waals surface area contributed by atoms with Crippen molar-refractivity contribution >= 4 is 33.6 Å². The molecule has 0 spiro atoms. The third kappa shape index (κ3) is 2.52. The fraction of sp³-hybridized carbons (Fsp3) is 0.467. The van der Waals surface area contributed by atoms with E-state index in [2.05, 4.69) is 21.2 Å². The fourth-order valence-electron chi connectivity index (χ4n) is 3.52. The fourth-order valence-corrected chi connectivity index (χ4v) is 3.99. The molecule has 112 valence electrons. The van der Waals surface area contributed by atoms with Crippen molar-refractivity contribution in [3.8, 4) is 0 Å². The van der Waals surface area contributed by atoms with Gasteiger partial charge in [0.15, 0.2) is 0 Å². The van der Waals surface area contributed by atoms with E-state index in [1.807, 2.05) is 25.1 Å². The second-order valence-corrected chi connectivity index (χ2v) is 6.69. The number of halogens is 1. The third-order valence-electron chi connectivity index (χ3n) is 4.52. The van der Waals surface area contributed by atoms with Gasteiger partial charge in [-0.25, -0.2) is 4.79 Å². The van der Waals surface area contributed by atoms with Crippen molar-refractivity contribution in [3.05, 3.63) is 28.2 Å². The molecule has 0 aliphatic carbocycles. The minimum absolute atomic E-state index is 0.0619. The second kappa shape index (κ2) is 5.33. The molecule has 6 heteroatoms. The van der Waals surface area contributed by atoms with Gasteiger partial charge < -0.3 is 15.3 Å². The van der Waals surface area contributed by atoms with Gasteiger partial charge in [-0.15, -0.1) is 0 Å². The molecule has 2 amide bonds. The first-order chi connectivity index (χ1) is 9.97. The van der Waals surface area contributed by atoms with E-state index in [-0.39, 0.29) is 18.1 Å². The van der Waals surface area contributed by atoms with E-state index in [0.717, 1.165) is 28.6 Å². The summed E-state index contributed by atoms with van der Waals surface area (Å²) in [7, 11) is 0. The lowest BCUT2D eigenvalue weighted by molar-refractivity contribution is -0.142. The molecule has 2 N–H and O–H groups in total. The van der Waals surface area contributed by atoms with Crippen LogP contribution in [0.3, 0.4) is 0 Å². The van der Waals surface area contributed by atoms with Crippen molar-refractivity contribution < 1.29 is 14.7 Å². The van der Waals surface area contributed by atoms with Crippen LogP contribution in [0.25, 0.3) is 0 Å². The number of aliphatic carboxylic acids is 1. The lowest BCUT2D eigenvalue weighted by Gasteiger charge is -2.24. The zero-order valence-electron chi connectivity index (χ0n) is 11.7. The number of carboxylic acid groups (broad SMARTS) is 1. The van der Waals surface area contributed by atoms with Crippen molar-refractivity contribution in [2.75, 3.05) is 5.32 Å². The molecule has 2 heterocycles. The molecule has 0 radical (unpaired) electrons. The maximum Gasteiger partial charge on any atom is 0.322 e. The average molecular weight is 353 g/mol. The van der Waals surface area contributed by atoms with Crippen LogP contribution in [0.15, 0.2) is 22.7 Å². The molecule has 1 aromatic rings. The van der Waals surface area contributed by atoms with Gasteiger partial charge in [-0.2, -0.15) is 0 Å². The Bertz CT molecular complexity index is 605. The number of carbonyl (C=O) groups is 2. The summed E-state index contributed by atoms with van der Waals surface area (Å²) >= 11 is 3.39. The topological polar surface area (TPSA) is 69.6 Å². The molecule has 3 atom stereocenters. The highest BCUT2D eigenvalue weighted by molar-refractivity contribution is 9.10. The van der Waals surface area contributed by atoms with E-state index < -0.39 is 11.9 Å². The Morgan fingerprint density at radius 1 is 1.38 bits per heavy atom. The van der Waals surface area contributed by atoms with Gasteiger partial charge in [-0.1, -0.05) is 15.9 Å². The monoisotopic (exact) mass is 352 g/mol. The van der Waals surface area contributed by atoms with Crippen molar-refractivity contribution in [1.82, 2.24) is 4.90 Å². The minimum Gasteiger partial charge on any atom is -0.481 e. The van der Waals surface area contributed by atoms with Crippen LogP contribution in [0.4, 0.5) is 10.5 Å². The first-order valence-electron chi connectivity index (χ1n) is 7.05. The predicted molar refractivity (Wildman–Crippen MR) is 82.3 cm³/mol. The van der Waals surface area contributed by atoms with Gasteiger partial charge in [0, 0.05) is 22.2 Å². The Morgan fingerprint density at radius 3 is 2.76 bits per heavy atom. The Labute approximate surface area is 131 Å². The Hall–Kier alpha value is -1.56. The van der Waals surface area contributed by atoms with Crippen LogP contribution in [0.5, 0.6) is 0 Å². The van der Waals surface area contributed by atoms with E-state index in [1.54, 1.807) is 4.90 Å². The van der Waals surface area contributed by atoms with E-state index in [4.69, 9.17) is 0 Å². The van der Waals surface area contributed by atoms with Crippen LogP contribution in [0.2, 0.25) is 0 Å². The number of nitrogens with zero attached hydrogens (tertiary/aromatic N) is 1. The molecule has 2 fully saturated rings. The van der Waals surface area contributed by atoms with Crippen molar-refractivity contribution in [3.63, 3.8) is 0 Å². The zero-order chi connectivity index (χ0) is 15.1. The smallest absolute Gasteiger partial charge is 0.322 e. The molecule has 5 nitrogen and oxygen atoms in total. The van der Waals surface area contributed by atoms with E-state index in [0.29, 0.717) is 6.42 Å². The average Bonchev–Trinajstić information content (AvgIpc) is 2.99. The summed E-state index contributed by atoms with van der Waals surface area (Å²) in [6.45, 7) is 1.93. The standard InChI is InChI=1S/C15H17BrN2O3/c1-8-6-9(16)2-4-12(8)17-15(21)18-10-3-5-13(18)11(7-10)14(19)20/h2,4,6,10-11,13H,3,5,7H2,1H3,(H,17,21)(H,19,20). The number of amides is 2. The van der Waals surface area contributed by atoms with Gasteiger partial charge in [0.1, 0.15) is 0 Å². The number of urea groups is 1. The number of carboxylic acids is 1. The van der Waals surface area contributed by atoms with E-state index in [9.17, 15) is 14.7 Å². The molecule has 0 saturated carbocycles. The normalized spacial score (nSPS) is 27.0. The number of rotatable bonds is 2. The van der Waals surface area contributed by atoms with Gasteiger partial charge in [0.05, 0.1) is 5.92 Å². The molecular formula is C15H17BrN2O3. The number of carbonyl (C=O) groups excluding carboxylic acids is 1. The highest BCUT2D eigenvalue weighted by Gasteiger charge is 2.51. The Morgan fingerprint density at radius 2 is 2.14 bits per heavy atom. The molecule has 2 aliphatic rings. The molecule has 0 aromatic heterocycles. The summed E-state index contributed by atoms with van der Waals surface area (Å²) in [5.74, 6) is -1.21. The highest BCUT2D eigenvalue weighted by atomic mass is 79.9. The van der Waals surface area contributed by atoms with Crippen molar-refractivity contribution in [2.24, 2.45) is 5.92 Å². The lowest BCUT2D eigenvalue weighted by atomic mass is 9.89. The van der Waals surface area contributed by atoms with Crippen LogP contribution in [-0.4, -0.2) is 34.1 Å². The number of hydrogen-bond acceptors (Lipinski definition) is 2. The minimum atomic E-state index is -0.792. The van der Waals surface area contributed by atoms with E-state index in [1.165, 1.54) is 0 Å². The summed E-state index contributed by atoms with van der Waals surface area (Å²) in [6, 6.07) is 5.38. The number of benzene rings is 1. The van der Waals surface area contributed by atoms with Crippen LogP contribution in [-0.2, 0) is 4.79 Å². The Balaban J connectivity index is 1.76. The Kier molecular flexibility index (Phi) is 3.65. The van der Waals surface area contributed by atoms with Crippen LogP contribution >= 0.6 is 15.9 Å². The van der Waals surface area contributed by atoms with Crippen LogP contribution in [0, 0.1) is 12.8 Å². The van der Waals surface area contributed by atoms with Gasteiger partial charge >= 0.3 is 12.0 Å². The molecule has 21 heavy (non-hydrogen) atoms. The maximum atomic E-state index is 12.5. The van der Waals surface area contributed by atoms with Gasteiger partial charge in [0.25, 0.3) is 0 Å². The number of nitrogens with one attached hydrogen (secondary N) is 1. The van der Waals surface area contributed by atoms with Crippen molar-refractivity contribution in [1.29, 1.82) is 0 Å². The third-order valence-corrected chi connectivity index (χ3v) is 5.01. The number of hydrogen-bond donors (Lipinski definition) is 2. The predicted octanol–water partition coefficient (Wildman–Crippen LogP) is 3.23. The van der Waals surface area contributed by atoms with Gasteiger partial charge in [-0.3, -0.25) is 4.79 Å². The summed E-state index contributed by atoms with van der Waals surface area (Å²) in [5.41, 5.74) is 1.74. The maximum absolute atomic E-state index is 12.5. The SMILES string of the molecule is Cc1cc(Br)ccc1NC(=O)N1C2CCC1C(C(=O)O)C2. The van der Waals surface area contributed by atoms with Crippen LogP contribution < -0.4 is 5.32 Å². The molecule has 3 rings (SSSR count). The molecule has 2 bridgehead atoms. The molecular weight excluding hydrogens is 336 g/mol. The largest absolute Gasteiger partial charge is 0.481 e. The van der Waals surface area contributed by atoms with Gasteiger partial charge in [-0.05, 0) is 49.9 Å². The molecule has 1 aromatic carbocycles. The second-order valence-electron chi connectivity index (χ2n) is 5.78. The van der Waals surface area contributed by atoms with Crippen LogP contribution in [0.1, 0.15) is 24.8 Å². The number of aryl methyl sites for hydroxylation is 1. The summed E-state index contributed by atoms with van der Waals surface area (Å²) in [5, 5.41) is 12.1. The lowest BCUT2D eigenvalue weighted by Crippen LogP contribution is -2.40. The summed E-state index contributed by atoms with van der Waals surface area (Å²) < 4.78 is 0.963. The number of fused-ring (bicyclic) bond motifs is 2. The van der Waals surface area contributed by atoms with E-state index >= 15 is 0 Å². The first-order valence-corrected chi connectivity index (χ1v) is 7.85. The number of anilines is 1. The summed E-state index contributed by atoms with van der Waals surface area (Å²) in [4.78, 5) is 25.5. The zero-order valence-corrected chi connectivity index (χ0v) is 13.3. The van der Waals surface area contributed by atoms with Gasteiger partial charge in [0.2, 0.25) is 0 Å².